The minimum absolute atomic E-state index is 0.000419. The van der Waals surface area contributed by atoms with E-state index in [1.54, 1.807) is 17.0 Å². The molecule has 1 aromatic carbocycles. The van der Waals surface area contributed by atoms with Gasteiger partial charge in [-0.3, -0.25) is 9.48 Å². The first-order valence-electron chi connectivity index (χ1n) is 9.18. The molecule has 0 saturated carbocycles. The van der Waals surface area contributed by atoms with Crippen LogP contribution in [0.25, 0.3) is 11.1 Å². The second-order valence-corrected chi connectivity index (χ2v) is 9.05. The fourth-order valence-electron chi connectivity index (χ4n) is 3.45. The van der Waals surface area contributed by atoms with Crippen LogP contribution >= 0.6 is 11.6 Å². The van der Waals surface area contributed by atoms with Gasteiger partial charge in [0.25, 0.3) is 0 Å². The van der Waals surface area contributed by atoms with Crippen LogP contribution in [0.4, 0.5) is 0 Å². The summed E-state index contributed by atoms with van der Waals surface area (Å²) in [5.41, 5.74) is 1.45. The smallest absolute Gasteiger partial charge is 0.241 e. The number of hydrogen-bond donors (Lipinski definition) is 1. The number of likely N-dealkylation sites (tertiary alicyclic amines) is 1. The fourth-order valence-corrected chi connectivity index (χ4v) is 4.08. The zero-order chi connectivity index (χ0) is 20.6. The summed E-state index contributed by atoms with van der Waals surface area (Å²) < 4.78 is 29.8. The van der Waals surface area contributed by atoms with E-state index in [1.807, 2.05) is 6.07 Å². The van der Waals surface area contributed by atoms with E-state index in [0.29, 0.717) is 36.1 Å². The van der Waals surface area contributed by atoms with E-state index in [2.05, 4.69) is 10.1 Å². The molecule has 1 amide bonds. The number of rotatable bonds is 5. The second kappa shape index (κ2) is 7.77. The first-order chi connectivity index (χ1) is 13.8. The number of carbonyl (C=O) groups excluding carboxylic acids is 1. The van der Waals surface area contributed by atoms with Crippen LogP contribution in [-0.4, -0.2) is 47.1 Å². The third kappa shape index (κ3) is 4.44. The lowest BCUT2D eigenvalue weighted by Gasteiger charge is -2.30. The largest absolute Gasteiger partial charge is 0.440 e. The lowest BCUT2D eigenvalue weighted by Crippen LogP contribution is -2.38. The lowest BCUT2D eigenvalue weighted by atomic mass is 9.96. The zero-order valence-electron chi connectivity index (χ0n) is 15.5. The van der Waals surface area contributed by atoms with E-state index >= 15 is 0 Å². The molecular weight excluding hydrogens is 418 g/mol. The SMILES string of the molecule is NS(=O)(=O)c1cnn(CCC(=O)N2CCC(c3nc4cc(Cl)ccc4o3)CC2)c1. The monoisotopic (exact) mass is 437 g/mol. The Hall–Kier alpha value is -2.43. The molecule has 1 saturated heterocycles. The maximum Gasteiger partial charge on any atom is 0.241 e. The molecule has 0 spiro atoms. The van der Waals surface area contributed by atoms with Crippen LogP contribution in [0.2, 0.25) is 5.02 Å². The average molecular weight is 438 g/mol. The van der Waals surface area contributed by atoms with Gasteiger partial charge in [0.15, 0.2) is 11.5 Å². The quantitative estimate of drug-likeness (QED) is 0.651. The van der Waals surface area contributed by atoms with Crippen molar-refractivity contribution in [3.63, 3.8) is 0 Å². The molecule has 3 heterocycles. The molecule has 1 fully saturated rings. The van der Waals surface area contributed by atoms with Gasteiger partial charge in [0.05, 0.1) is 6.20 Å². The minimum Gasteiger partial charge on any atom is -0.440 e. The first kappa shape index (κ1) is 19.9. The van der Waals surface area contributed by atoms with Crippen molar-refractivity contribution in [2.75, 3.05) is 13.1 Å². The number of amides is 1. The summed E-state index contributed by atoms with van der Waals surface area (Å²) in [6.45, 7) is 1.52. The Morgan fingerprint density at radius 1 is 1.31 bits per heavy atom. The summed E-state index contributed by atoms with van der Waals surface area (Å²) in [6, 6.07) is 5.36. The number of halogens is 1. The van der Waals surface area contributed by atoms with Gasteiger partial charge in [-0.2, -0.15) is 5.10 Å². The molecule has 29 heavy (non-hydrogen) atoms. The Balaban J connectivity index is 1.31. The maximum atomic E-state index is 12.5. The van der Waals surface area contributed by atoms with Crippen molar-refractivity contribution in [2.24, 2.45) is 5.14 Å². The molecule has 0 bridgehead atoms. The summed E-state index contributed by atoms with van der Waals surface area (Å²) in [7, 11) is -3.79. The van der Waals surface area contributed by atoms with Crippen molar-refractivity contribution in [1.29, 1.82) is 0 Å². The highest BCUT2D eigenvalue weighted by molar-refractivity contribution is 7.89. The molecule has 0 unspecified atom stereocenters. The third-order valence-electron chi connectivity index (χ3n) is 5.06. The number of sulfonamides is 1. The number of aryl methyl sites for hydroxylation is 1. The zero-order valence-corrected chi connectivity index (χ0v) is 17.1. The van der Waals surface area contributed by atoms with Gasteiger partial charge in [-0.15, -0.1) is 0 Å². The molecule has 3 aromatic rings. The summed E-state index contributed by atoms with van der Waals surface area (Å²) in [4.78, 5) is 18.8. The molecular formula is C18H20ClN5O4S. The number of nitrogens with two attached hydrogens (primary N) is 1. The molecule has 1 aliphatic heterocycles. The summed E-state index contributed by atoms with van der Waals surface area (Å²) in [5.74, 6) is 0.843. The third-order valence-corrected chi connectivity index (χ3v) is 6.16. The van der Waals surface area contributed by atoms with Gasteiger partial charge < -0.3 is 9.32 Å². The van der Waals surface area contributed by atoms with Gasteiger partial charge in [0.1, 0.15) is 10.4 Å². The molecule has 154 valence electrons. The lowest BCUT2D eigenvalue weighted by molar-refractivity contribution is -0.132. The number of oxazole rings is 1. The minimum atomic E-state index is -3.79. The van der Waals surface area contributed by atoms with Gasteiger partial charge in [0, 0.05) is 43.2 Å². The first-order valence-corrected chi connectivity index (χ1v) is 11.1. The molecule has 1 aliphatic rings. The molecule has 0 radical (unpaired) electrons. The number of fused-ring (bicyclic) bond motifs is 1. The maximum absolute atomic E-state index is 12.5. The van der Waals surface area contributed by atoms with Crippen LogP contribution in [-0.2, 0) is 21.4 Å². The molecule has 4 rings (SSSR count). The number of nitrogens with zero attached hydrogens (tertiary/aromatic N) is 4. The van der Waals surface area contributed by atoms with Crippen molar-refractivity contribution < 1.29 is 17.6 Å². The number of primary sulfonamides is 1. The predicted molar refractivity (Wildman–Crippen MR) is 106 cm³/mol. The standard InChI is InChI=1S/C18H20ClN5O4S/c19-13-1-2-16-15(9-13)22-18(28-16)12-3-6-23(7-4-12)17(25)5-8-24-11-14(10-21-24)29(20,26)27/h1-2,9-12H,3-8H2,(H2,20,26,27). The summed E-state index contributed by atoms with van der Waals surface area (Å²) in [5, 5.41) is 9.61. The van der Waals surface area contributed by atoms with Gasteiger partial charge in [-0.1, -0.05) is 11.6 Å². The highest BCUT2D eigenvalue weighted by Crippen LogP contribution is 2.31. The van der Waals surface area contributed by atoms with E-state index in [1.165, 1.54) is 17.1 Å². The molecule has 9 nitrogen and oxygen atoms in total. The van der Waals surface area contributed by atoms with Crippen LogP contribution in [0.15, 0.2) is 39.9 Å². The molecule has 2 aromatic heterocycles. The molecule has 2 N–H and O–H groups in total. The number of hydrogen-bond acceptors (Lipinski definition) is 6. The van der Waals surface area contributed by atoms with Crippen LogP contribution in [0.5, 0.6) is 0 Å². The molecule has 0 aliphatic carbocycles. The van der Waals surface area contributed by atoms with E-state index in [4.69, 9.17) is 21.2 Å². The number of aromatic nitrogens is 3. The Labute approximate surface area is 172 Å². The summed E-state index contributed by atoms with van der Waals surface area (Å²) >= 11 is 6.00. The molecule has 0 atom stereocenters. The molecule has 11 heteroatoms. The van der Waals surface area contributed by atoms with Crippen LogP contribution in [0.3, 0.4) is 0 Å². The number of piperidine rings is 1. The van der Waals surface area contributed by atoms with E-state index < -0.39 is 10.0 Å². The fraction of sp³-hybridized carbons (Fsp3) is 0.389. The van der Waals surface area contributed by atoms with Crippen LogP contribution in [0.1, 0.15) is 31.1 Å². The highest BCUT2D eigenvalue weighted by Gasteiger charge is 2.27. The Bertz CT molecular complexity index is 1150. The van der Waals surface area contributed by atoms with Crippen LogP contribution in [0, 0.1) is 0 Å². The highest BCUT2D eigenvalue weighted by atomic mass is 35.5. The van der Waals surface area contributed by atoms with E-state index in [0.717, 1.165) is 18.4 Å². The van der Waals surface area contributed by atoms with Crippen molar-refractivity contribution in [2.45, 2.75) is 36.6 Å². The summed E-state index contributed by atoms with van der Waals surface area (Å²) in [6.07, 6.45) is 4.28. The van der Waals surface area contributed by atoms with Crippen molar-refractivity contribution in [3.05, 3.63) is 41.5 Å². The van der Waals surface area contributed by atoms with Gasteiger partial charge >= 0.3 is 0 Å². The van der Waals surface area contributed by atoms with E-state index in [-0.39, 0.29) is 23.1 Å². The van der Waals surface area contributed by atoms with Gasteiger partial charge in [0.2, 0.25) is 15.9 Å². The second-order valence-electron chi connectivity index (χ2n) is 7.05. The average Bonchev–Trinajstić information content (AvgIpc) is 3.32. The van der Waals surface area contributed by atoms with Crippen LogP contribution < -0.4 is 5.14 Å². The Morgan fingerprint density at radius 2 is 2.07 bits per heavy atom. The van der Waals surface area contributed by atoms with Crippen molar-refractivity contribution >= 4 is 38.6 Å². The topological polar surface area (TPSA) is 124 Å². The Kier molecular flexibility index (Phi) is 5.32. The number of carbonyl (C=O) groups is 1. The van der Waals surface area contributed by atoms with Gasteiger partial charge in [-0.05, 0) is 31.0 Å². The predicted octanol–water partition coefficient (Wildman–Crippen LogP) is 2.12. The van der Waals surface area contributed by atoms with Gasteiger partial charge in [-0.25, -0.2) is 18.5 Å². The number of benzene rings is 1. The van der Waals surface area contributed by atoms with Crippen molar-refractivity contribution in [3.8, 4) is 0 Å². The van der Waals surface area contributed by atoms with Crippen molar-refractivity contribution in [1.82, 2.24) is 19.7 Å². The Morgan fingerprint density at radius 3 is 2.76 bits per heavy atom. The normalized spacial score (nSPS) is 15.9. The van der Waals surface area contributed by atoms with E-state index in [9.17, 15) is 13.2 Å².